The van der Waals surface area contributed by atoms with Gasteiger partial charge in [-0.05, 0) is 25.5 Å². The number of nitrogens with one attached hydrogen (secondary N) is 1. The van der Waals surface area contributed by atoms with Crippen LogP contribution in [0.15, 0.2) is 18.2 Å². The Hall–Kier alpha value is -0.960. The minimum Gasteiger partial charge on any atom is -0.310 e. The van der Waals surface area contributed by atoms with Crippen molar-refractivity contribution in [3.8, 4) is 0 Å². The van der Waals surface area contributed by atoms with Crippen LogP contribution in [-0.4, -0.2) is 6.04 Å². The molecule has 0 fully saturated rings. The predicted octanol–water partition coefficient (Wildman–Crippen LogP) is 3.24. The monoisotopic (exact) mass is 213 g/mol. The maximum atomic E-state index is 13.2. The van der Waals surface area contributed by atoms with Crippen LogP contribution in [0, 0.1) is 11.6 Å². The van der Waals surface area contributed by atoms with Crippen LogP contribution in [0.4, 0.5) is 8.78 Å². The lowest BCUT2D eigenvalue weighted by atomic mass is 10.1. The van der Waals surface area contributed by atoms with Gasteiger partial charge in [0, 0.05) is 18.2 Å². The largest absolute Gasteiger partial charge is 0.310 e. The van der Waals surface area contributed by atoms with Crippen molar-refractivity contribution in [2.24, 2.45) is 0 Å². The lowest BCUT2D eigenvalue weighted by molar-refractivity contribution is 0.479. The molecule has 1 atom stereocenters. The van der Waals surface area contributed by atoms with Gasteiger partial charge in [0.05, 0.1) is 0 Å². The number of rotatable bonds is 5. The van der Waals surface area contributed by atoms with Crippen molar-refractivity contribution in [3.63, 3.8) is 0 Å². The van der Waals surface area contributed by atoms with Gasteiger partial charge < -0.3 is 5.32 Å². The average Bonchev–Trinajstić information content (AvgIpc) is 2.17. The predicted molar refractivity (Wildman–Crippen MR) is 57.6 cm³/mol. The van der Waals surface area contributed by atoms with Crippen molar-refractivity contribution in [1.29, 1.82) is 0 Å². The van der Waals surface area contributed by atoms with E-state index in [9.17, 15) is 8.78 Å². The van der Waals surface area contributed by atoms with Crippen LogP contribution in [0.2, 0.25) is 0 Å². The SMILES string of the molecule is CCCC(C)NCc1c(F)cccc1F. The summed E-state index contributed by atoms with van der Waals surface area (Å²) in [5, 5.41) is 3.10. The molecule has 15 heavy (non-hydrogen) atoms. The van der Waals surface area contributed by atoms with E-state index in [4.69, 9.17) is 0 Å². The van der Waals surface area contributed by atoms with E-state index in [0.717, 1.165) is 12.8 Å². The molecule has 0 aliphatic heterocycles. The fraction of sp³-hybridized carbons (Fsp3) is 0.500. The highest BCUT2D eigenvalue weighted by atomic mass is 19.1. The molecule has 1 N–H and O–H groups in total. The molecule has 1 unspecified atom stereocenters. The zero-order chi connectivity index (χ0) is 11.3. The van der Waals surface area contributed by atoms with Gasteiger partial charge in [-0.1, -0.05) is 19.4 Å². The van der Waals surface area contributed by atoms with Crippen LogP contribution < -0.4 is 5.32 Å². The minimum absolute atomic E-state index is 0.125. The fourth-order valence-corrected chi connectivity index (χ4v) is 1.51. The van der Waals surface area contributed by atoms with Crippen LogP contribution >= 0.6 is 0 Å². The van der Waals surface area contributed by atoms with Crippen molar-refractivity contribution in [2.45, 2.75) is 39.3 Å². The molecule has 1 aromatic rings. The standard InChI is InChI=1S/C12H17F2N/c1-3-5-9(2)15-8-10-11(13)6-4-7-12(10)14/h4,6-7,9,15H,3,5,8H2,1-2H3. The molecule has 3 heteroatoms. The number of halogens is 2. The molecule has 0 radical (unpaired) electrons. The van der Waals surface area contributed by atoms with E-state index in [2.05, 4.69) is 12.2 Å². The molecule has 0 heterocycles. The Labute approximate surface area is 89.5 Å². The Kier molecular flexibility index (Phi) is 4.69. The van der Waals surface area contributed by atoms with Crippen molar-refractivity contribution in [1.82, 2.24) is 5.32 Å². The van der Waals surface area contributed by atoms with Crippen molar-refractivity contribution in [3.05, 3.63) is 35.4 Å². The molecule has 0 amide bonds. The van der Waals surface area contributed by atoms with Crippen LogP contribution in [-0.2, 0) is 6.54 Å². The van der Waals surface area contributed by atoms with E-state index in [1.54, 1.807) is 0 Å². The van der Waals surface area contributed by atoms with Crippen LogP contribution in [0.1, 0.15) is 32.3 Å². The van der Waals surface area contributed by atoms with Crippen LogP contribution in [0.3, 0.4) is 0 Å². The molecule has 0 saturated heterocycles. The van der Waals surface area contributed by atoms with Crippen LogP contribution in [0.5, 0.6) is 0 Å². The van der Waals surface area contributed by atoms with E-state index < -0.39 is 11.6 Å². The highest BCUT2D eigenvalue weighted by Crippen LogP contribution is 2.12. The van der Waals surface area contributed by atoms with Gasteiger partial charge in [0.25, 0.3) is 0 Å². The van der Waals surface area contributed by atoms with Gasteiger partial charge >= 0.3 is 0 Å². The Morgan fingerprint density at radius 1 is 1.27 bits per heavy atom. The normalized spacial score (nSPS) is 12.8. The number of hydrogen-bond donors (Lipinski definition) is 1. The maximum absolute atomic E-state index is 13.2. The lowest BCUT2D eigenvalue weighted by Gasteiger charge is -2.13. The van der Waals surface area contributed by atoms with Gasteiger partial charge in [-0.15, -0.1) is 0 Å². The molecule has 0 aromatic heterocycles. The number of benzene rings is 1. The van der Waals surface area contributed by atoms with Gasteiger partial charge in [-0.2, -0.15) is 0 Å². The first-order valence-corrected chi connectivity index (χ1v) is 5.31. The molecule has 0 spiro atoms. The Balaban J connectivity index is 2.57. The van der Waals surface area contributed by atoms with E-state index in [0.29, 0.717) is 0 Å². The summed E-state index contributed by atoms with van der Waals surface area (Å²) in [5.74, 6) is -0.961. The summed E-state index contributed by atoms with van der Waals surface area (Å²) in [5.41, 5.74) is 0.125. The summed E-state index contributed by atoms with van der Waals surface area (Å²) in [6, 6.07) is 4.23. The highest BCUT2D eigenvalue weighted by Gasteiger charge is 2.08. The average molecular weight is 213 g/mol. The highest BCUT2D eigenvalue weighted by molar-refractivity contribution is 5.19. The first-order chi connectivity index (χ1) is 7.15. The molecule has 0 saturated carbocycles. The molecule has 1 rings (SSSR count). The third kappa shape index (κ3) is 3.59. The third-order valence-electron chi connectivity index (χ3n) is 2.41. The molecule has 0 aliphatic carbocycles. The van der Waals surface area contributed by atoms with E-state index in [1.807, 2.05) is 6.92 Å². The van der Waals surface area contributed by atoms with E-state index in [1.165, 1.54) is 18.2 Å². The summed E-state index contributed by atoms with van der Waals surface area (Å²) in [6.07, 6.45) is 2.07. The van der Waals surface area contributed by atoms with E-state index in [-0.39, 0.29) is 18.2 Å². The molecular formula is C12H17F2N. The summed E-state index contributed by atoms with van der Waals surface area (Å²) < 4.78 is 26.4. The van der Waals surface area contributed by atoms with Gasteiger partial charge in [0.2, 0.25) is 0 Å². The molecule has 0 bridgehead atoms. The van der Waals surface area contributed by atoms with E-state index >= 15 is 0 Å². The van der Waals surface area contributed by atoms with Gasteiger partial charge in [0.1, 0.15) is 11.6 Å². The van der Waals surface area contributed by atoms with Gasteiger partial charge in [-0.3, -0.25) is 0 Å². The zero-order valence-electron chi connectivity index (χ0n) is 9.19. The minimum atomic E-state index is -0.480. The van der Waals surface area contributed by atoms with Crippen molar-refractivity contribution in [2.75, 3.05) is 0 Å². The Morgan fingerprint density at radius 2 is 1.87 bits per heavy atom. The third-order valence-corrected chi connectivity index (χ3v) is 2.41. The second-order valence-electron chi connectivity index (χ2n) is 3.77. The summed E-state index contributed by atoms with van der Waals surface area (Å²) in [6.45, 7) is 4.35. The summed E-state index contributed by atoms with van der Waals surface area (Å²) in [4.78, 5) is 0. The van der Waals surface area contributed by atoms with Gasteiger partial charge in [0.15, 0.2) is 0 Å². The zero-order valence-corrected chi connectivity index (χ0v) is 9.19. The van der Waals surface area contributed by atoms with Crippen LogP contribution in [0.25, 0.3) is 0 Å². The first-order valence-electron chi connectivity index (χ1n) is 5.31. The summed E-state index contributed by atoms with van der Waals surface area (Å²) in [7, 11) is 0. The molecular weight excluding hydrogens is 196 g/mol. The molecule has 0 aliphatic rings. The second-order valence-corrected chi connectivity index (χ2v) is 3.77. The van der Waals surface area contributed by atoms with Gasteiger partial charge in [-0.25, -0.2) is 8.78 Å². The second kappa shape index (κ2) is 5.81. The fourth-order valence-electron chi connectivity index (χ4n) is 1.51. The maximum Gasteiger partial charge on any atom is 0.130 e. The quantitative estimate of drug-likeness (QED) is 0.791. The lowest BCUT2D eigenvalue weighted by Crippen LogP contribution is -2.26. The summed E-state index contributed by atoms with van der Waals surface area (Å²) >= 11 is 0. The Morgan fingerprint density at radius 3 is 2.40 bits per heavy atom. The van der Waals surface area contributed by atoms with Crippen molar-refractivity contribution >= 4 is 0 Å². The first kappa shape index (κ1) is 12.1. The topological polar surface area (TPSA) is 12.0 Å². The number of hydrogen-bond acceptors (Lipinski definition) is 1. The molecule has 84 valence electrons. The molecule has 1 nitrogen and oxygen atoms in total. The Bertz CT molecular complexity index is 292. The smallest absolute Gasteiger partial charge is 0.130 e. The molecule has 1 aromatic carbocycles. The van der Waals surface area contributed by atoms with Crippen molar-refractivity contribution < 1.29 is 8.78 Å².